The molecule has 1 heterocycles. The summed E-state index contributed by atoms with van der Waals surface area (Å²) in [6.45, 7) is 2.63. The summed E-state index contributed by atoms with van der Waals surface area (Å²) in [5, 5.41) is 0.617. The number of carbonyl (C=O) groups is 1. The normalized spacial score (nSPS) is 13.4. The maximum atomic E-state index is 11.6. The molecular formula is C13H13ClO3. The van der Waals surface area contributed by atoms with Crippen molar-refractivity contribution in [2.75, 3.05) is 13.2 Å². The summed E-state index contributed by atoms with van der Waals surface area (Å²) in [6.07, 6.45) is 2.57. The van der Waals surface area contributed by atoms with Crippen LogP contribution < -0.4 is 4.74 Å². The van der Waals surface area contributed by atoms with Gasteiger partial charge in [-0.05, 0) is 30.7 Å². The number of carbonyl (C=O) groups excluding carboxylic acids is 1. The van der Waals surface area contributed by atoms with Crippen molar-refractivity contribution in [3.8, 4) is 5.75 Å². The lowest BCUT2D eigenvalue weighted by molar-refractivity contribution is -0.139. The zero-order valence-electron chi connectivity index (χ0n) is 9.53. The van der Waals surface area contributed by atoms with Crippen LogP contribution in [0.5, 0.6) is 5.75 Å². The van der Waals surface area contributed by atoms with Crippen molar-refractivity contribution < 1.29 is 14.3 Å². The van der Waals surface area contributed by atoms with Crippen molar-refractivity contribution in [3.05, 3.63) is 34.4 Å². The first-order valence-corrected chi connectivity index (χ1v) is 5.88. The van der Waals surface area contributed by atoms with Gasteiger partial charge in [0.15, 0.2) is 0 Å². The van der Waals surface area contributed by atoms with Gasteiger partial charge < -0.3 is 9.47 Å². The van der Waals surface area contributed by atoms with Gasteiger partial charge in [0.1, 0.15) is 12.4 Å². The molecule has 90 valence electrons. The molecule has 1 aliphatic rings. The van der Waals surface area contributed by atoms with Gasteiger partial charge >= 0.3 is 5.97 Å². The molecule has 1 aromatic carbocycles. The molecule has 0 saturated heterocycles. The highest BCUT2D eigenvalue weighted by Gasteiger charge is 2.18. The molecule has 4 heteroatoms. The largest absolute Gasteiger partial charge is 0.488 e. The van der Waals surface area contributed by atoms with Gasteiger partial charge in [0, 0.05) is 10.6 Å². The van der Waals surface area contributed by atoms with E-state index >= 15 is 0 Å². The molecule has 0 saturated carbocycles. The Balaban J connectivity index is 2.19. The number of ether oxygens (including phenoxy) is 2. The van der Waals surface area contributed by atoms with Gasteiger partial charge in [-0.15, -0.1) is 0 Å². The number of hydrogen-bond acceptors (Lipinski definition) is 3. The van der Waals surface area contributed by atoms with E-state index < -0.39 is 0 Å². The molecule has 0 N–H and O–H groups in total. The molecule has 0 spiro atoms. The van der Waals surface area contributed by atoms with Crippen LogP contribution in [0.25, 0.3) is 6.08 Å². The first-order valence-electron chi connectivity index (χ1n) is 5.50. The van der Waals surface area contributed by atoms with Crippen LogP contribution in [0.15, 0.2) is 23.8 Å². The third-order valence-electron chi connectivity index (χ3n) is 2.38. The van der Waals surface area contributed by atoms with Crippen molar-refractivity contribution in [1.29, 1.82) is 0 Å². The van der Waals surface area contributed by atoms with Crippen LogP contribution in [-0.4, -0.2) is 19.2 Å². The minimum atomic E-state index is -0.322. The smallest absolute Gasteiger partial charge is 0.337 e. The van der Waals surface area contributed by atoms with Crippen LogP contribution in [0, 0.1) is 0 Å². The predicted molar refractivity (Wildman–Crippen MR) is 66.2 cm³/mol. The SMILES string of the molecule is CCCOC(=O)C1=Cc2cc(Cl)ccc2OC1. The number of fused-ring (bicyclic) bond motifs is 1. The maximum absolute atomic E-state index is 11.6. The molecule has 0 atom stereocenters. The van der Waals surface area contributed by atoms with Crippen LogP contribution in [0.3, 0.4) is 0 Å². The topological polar surface area (TPSA) is 35.5 Å². The van der Waals surface area contributed by atoms with E-state index in [1.807, 2.05) is 6.92 Å². The standard InChI is InChI=1S/C13H13ClO3/c1-2-5-16-13(15)10-6-9-7-11(14)3-4-12(9)17-8-10/h3-4,6-7H,2,5,8H2,1H3. The van der Waals surface area contributed by atoms with E-state index in [9.17, 15) is 4.79 Å². The van der Waals surface area contributed by atoms with E-state index in [4.69, 9.17) is 21.1 Å². The molecule has 3 nitrogen and oxygen atoms in total. The molecule has 0 unspecified atom stereocenters. The second-order valence-corrected chi connectivity index (χ2v) is 4.21. The molecule has 0 bridgehead atoms. The molecule has 0 fully saturated rings. The minimum Gasteiger partial charge on any atom is -0.488 e. The summed E-state index contributed by atoms with van der Waals surface area (Å²) in [5.74, 6) is 0.416. The summed E-state index contributed by atoms with van der Waals surface area (Å²) in [5.41, 5.74) is 1.33. The fourth-order valence-electron chi connectivity index (χ4n) is 1.55. The van der Waals surface area contributed by atoms with Crippen LogP contribution in [-0.2, 0) is 9.53 Å². The molecule has 0 aromatic heterocycles. The number of benzene rings is 1. The fourth-order valence-corrected chi connectivity index (χ4v) is 1.73. The quantitative estimate of drug-likeness (QED) is 0.776. The monoisotopic (exact) mass is 252 g/mol. The predicted octanol–water partition coefficient (Wildman–Crippen LogP) is 3.07. The lowest BCUT2D eigenvalue weighted by atomic mass is 10.1. The number of halogens is 1. The average molecular weight is 253 g/mol. The molecule has 0 amide bonds. The lowest BCUT2D eigenvalue weighted by Crippen LogP contribution is -2.17. The Morgan fingerprint density at radius 3 is 3.12 bits per heavy atom. The lowest BCUT2D eigenvalue weighted by Gasteiger charge is -2.17. The molecule has 0 aliphatic carbocycles. The zero-order valence-corrected chi connectivity index (χ0v) is 10.3. The van der Waals surface area contributed by atoms with Crippen molar-refractivity contribution in [3.63, 3.8) is 0 Å². The Morgan fingerprint density at radius 1 is 1.53 bits per heavy atom. The molecule has 2 rings (SSSR count). The first-order chi connectivity index (χ1) is 8.20. The third-order valence-corrected chi connectivity index (χ3v) is 2.62. The molecule has 1 aliphatic heterocycles. The summed E-state index contributed by atoms with van der Waals surface area (Å²) >= 11 is 5.89. The van der Waals surface area contributed by atoms with E-state index in [-0.39, 0.29) is 12.6 Å². The van der Waals surface area contributed by atoms with Crippen molar-refractivity contribution in [2.45, 2.75) is 13.3 Å². The zero-order chi connectivity index (χ0) is 12.3. The maximum Gasteiger partial charge on any atom is 0.337 e. The van der Waals surface area contributed by atoms with Gasteiger partial charge in [0.2, 0.25) is 0 Å². The van der Waals surface area contributed by atoms with Gasteiger partial charge in [0.25, 0.3) is 0 Å². The Kier molecular flexibility index (Phi) is 3.69. The second kappa shape index (κ2) is 5.23. The second-order valence-electron chi connectivity index (χ2n) is 3.78. The highest BCUT2D eigenvalue weighted by atomic mass is 35.5. The molecule has 1 aromatic rings. The van der Waals surface area contributed by atoms with Crippen LogP contribution in [0.4, 0.5) is 0 Å². The highest BCUT2D eigenvalue weighted by Crippen LogP contribution is 2.29. The fraction of sp³-hybridized carbons (Fsp3) is 0.308. The summed E-state index contributed by atoms with van der Waals surface area (Å²) in [4.78, 5) is 11.6. The Bertz CT molecular complexity index is 466. The Hall–Kier alpha value is -1.48. The summed E-state index contributed by atoms with van der Waals surface area (Å²) in [6, 6.07) is 5.32. The number of esters is 1. The van der Waals surface area contributed by atoms with Gasteiger partial charge in [-0.2, -0.15) is 0 Å². The van der Waals surface area contributed by atoms with Gasteiger partial charge in [-0.25, -0.2) is 4.79 Å². The molecule has 0 radical (unpaired) electrons. The number of hydrogen-bond donors (Lipinski definition) is 0. The van der Waals surface area contributed by atoms with E-state index in [0.717, 1.165) is 17.7 Å². The summed E-state index contributed by atoms with van der Waals surface area (Å²) in [7, 11) is 0. The van der Waals surface area contributed by atoms with Gasteiger partial charge in [-0.3, -0.25) is 0 Å². The molecular weight excluding hydrogens is 240 g/mol. The van der Waals surface area contributed by atoms with Gasteiger partial charge in [0.05, 0.1) is 12.2 Å². The first kappa shape index (κ1) is 12.0. The Morgan fingerprint density at radius 2 is 2.35 bits per heavy atom. The van der Waals surface area contributed by atoms with Crippen molar-refractivity contribution in [1.82, 2.24) is 0 Å². The van der Waals surface area contributed by atoms with Crippen LogP contribution in [0.1, 0.15) is 18.9 Å². The van der Waals surface area contributed by atoms with Crippen LogP contribution >= 0.6 is 11.6 Å². The van der Waals surface area contributed by atoms with E-state index in [1.54, 1.807) is 24.3 Å². The summed E-state index contributed by atoms with van der Waals surface area (Å²) < 4.78 is 10.5. The highest BCUT2D eigenvalue weighted by molar-refractivity contribution is 6.30. The van der Waals surface area contributed by atoms with E-state index in [0.29, 0.717) is 17.2 Å². The third kappa shape index (κ3) is 2.80. The van der Waals surface area contributed by atoms with E-state index in [1.165, 1.54) is 0 Å². The van der Waals surface area contributed by atoms with Crippen molar-refractivity contribution in [2.24, 2.45) is 0 Å². The minimum absolute atomic E-state index is 0.247. The van der Waals surface area contributed by atoms with E-state index in [2.05, 4.69) is 0 Å². The van der Waals surface area contributed by atoms with Crippen LogP contribution in [0.2, 0.25) is 5.02 Å². The van der Waals surface area contributed by atoms with Crippen molar-refractivity contribution >= 4 is 23.6 Å². The number of rotatable bonds is 3. The average Bonchev–Trinajstić information content (AvgIpc) is 2.35. The molecule has 17 heavy (non-hydrogen) atoms. The van der Waals surface area contributed by atoms with Gasteiger partial charge in [-0.1, -0.05) is 18.5 Å². The Labute approximate surface area is 105 Å².